The molecule has 0 aromatic heterocycles. The molecule has 0 aliphatic heterocycles. The lowest BCUT2D eigenvalue weighted by molar-refractivity contribution is -0.143. The number of hydrogen-bond donors (Lipinski definition) is 0. The fourth-order valence-corrected chi connectivity index (χ4v) is 2.42. The van der Waals surface area contributed by atoms with Gasteiger partial charge in [0.1, 0.15) is 5.75 Å². The third-order valence-corrected chi connectivity index (χ3v) is 3.61. The summed E-state index contributed by atoms with van der Waals surface area (Å²) in [6.07, 6.45) is 2.24. The Bertz CT molecular complexity index is 492. The van der Waals surface area contributed by atoms with Gasteiger partial charge in [0.15, 0.2) is 0 Å². The first-order valence-corrected chi connectivity index (χ1v) is 6.80. The van der Waals surface area contributed by atoms with Crippen molar-refractivity contribution in [3.8, 4) is 5.75 Å². The second kappa shape index (κ2) is 6.15. The second-order valence-electron chi connectivity index (χ2n) is 6.52. The highest BCUT2D eigenvalue weighted by molar-refractivity contribution is 5.85. The predicted molar refractivity (Wildman–Crippen MR) is 83.5 cm³/mol. The minimum absolute atomic E-state index is 0. The van der Waals surface area contributed by atoms with Gasteiger partial charge >= 0.3 is 5.97 Å². The van der Waals surface area contributed by atoms with E-state index in [0.29, 0.717) is 11.8 Å². The standard InChI is InChI=1S/C16H23NO2.ClH/c1-16(2,3)15(18)19-12-8-6-11-7-9-14(17(4)5)13(11)10-12;/h6,8,10,14H,7,9H2,1-5H3;1H/t14-;/m1./s1. The Hall–Kier alpha value is -1.06. The first kappa shape index (κ1) is 17.0. The van der Waals surface area contributed by atoms with Crippen LogP contribution in [0.4, 0.5) is 0 Å². The number of rotatable bonds is 2. The molecule has 2 rings (SSSR count). The Morgan fingerprint density at radius 2 is 1.95 bits per heavy atom. The van der Waals surface area contributed by atoms with Crippen LogP contribution in [0.15, 0.2) is 18.2 Å². The van der Waals surface area contributed by atoms with Crippen LogP contribution in [0.2, 0.25) is 0 Å². The van der Waals surface area contributed by atoms with Gasteiger partial charge in [-0.05, 0) is 71.0 Å². The van der Waals surface area contributed by atoms with Crippen molar-refractivity contribution in [2.45, 2.75) is 39.7 Å². The van der Waals surface area contributed by atoms with Gasteiger partial charge in [-0.15, -0.1) is 12.4 Å². The van der Waals surface area contributed by atoms with Crippen LogP contribution in [0.3, 0.4) is 0 Å². The van der Waals surface area contributed by atoms with Crippen LogP contribution in [0.5, 0.6) is 5.75 Å². The summed E-state index contributed by atoms with van der Waals surface area (Å²) in [6, 6.07) is 6.45. The molecule has 1 aliphatic rings. The normalized spacial score (nSPS) is 17.6. The van der Waals surface area contributed by atoms with E-state index in [-0.39, 0.29) is 18.4 Å². The van der Waals surface area contributed by atoms with Gasteiger partial charge in [-0.1, -0.05) is 6.07 Å². The number of carbonyl (C=O) groups excluding carboxylic acids is 1. The van der Waals surface area contributed by atoms with Gasteiger partial charge in [0.25, 0.3) is 0 Å². The molecule has 0 fully saturated rings. The number of halogens is 1. The fourth-order valence-electron chi connectivity index (χ4n) is 2.42. The lowest BCUT2D eigenvalue weighted by atomic mass is 9.97. The van der Waals surface area contributed by atoms with Crippen LogP contribution in [-0.4, -0.2) is 25.0 Å². The molecule has 112 valence electrons. The molecule has 0 amide bonds. The van der Waals surface area contributed by atoms with Crippen molar-refractivity contribution < 1.29 is 9.53 Å². The molecule has 0 unspecified atom stereocenters. The molecule has 20 heavy (non-hydrogen) atoms. The molecule has 0 bridgehead atoms. The Morgan fingerprint density at radius 3 is 2.50 bits per heavy atom. The summed E-state index contributed by atoms with van der Waals surface area (Å²) >= 11 is 0. The number of aryl methyl sites for hydroxylation is 1. The Labute approximate surface area is 127 Å². The lowest BCUT2D eigenvalue weighted by Crippen LogP contribution is -2.25. The van der Waals surface area contributed by atoms with E-state index in [0.717, 1.165) is 12.8 Å². The second-order valence-corrected chi connectivity index (χ2v) is 6.52. The van der Waals surface area contributed by atoms with Crippen molar-refractivity contribution in [2.24, 2.45) is 5.41 Å². The predicted octanol–water partition coefficient (Wildman–Crippen LogP) is 3.61. The van der Waals surface area contributed by atoms with Gasteiger partial charge in [-0.25, -0.2) is 0 Å². The average molecular weight is 298 g/mol. The van der Waals surface area contributed by atoms with Crippen molar-refractivity contribution in [3.05, 3.63) is 29.3 Å². The molecule has 1 atom stereocenters. The first-order chi connectivity index (χ1) is 8.79. The SMILES string of the molecule is CN(C)[C@@H]1CCc2ccc(OC(=O)C(C)(C)C)cc21.Cl. The molecule has 0 radical (unpaired) electrons. The third-order valence-electron chi connectivity index (χ3n) is 3.61. The third kappa shape index (κ3) is 3.53. The number of nitrogens with zero attached hydrogens (tertiary/aromatic N) is 1. The van der Waals surface area contributed by atoms with Crippen LogP contribution in [0.1, 0.15) is 44.4 Å². The molecule has 0 spiro atoms. The van der Waals surface area contributed by atoms with Gasteiger partial charge in [-0.2, -0.15) is 0 Å². The quantitative estimate of drug-likeness (QED) is 0.617. The largest absolute Gasteiger partial charge is 0.426 e. The van der Waals surface area contributed by atoms with Gasteiger partial charge < -0.3 is 9.64 Å². The van der Waals surface area contributed by atoms with Crippen molar-refractivity contribution in [1.82, 2.24) is 4.90 Å². The minimum atomic E-state index is -0.472. The molecule has 1 aliphatic carbocycles. The molecule has 4 heteroatoms. The van der Waals surface area contributed by atoms with E-state index in [4.69, 9.17) is 4.74 Å². The maximum atomic E-state index is 11.9. The zero-order valence-electron chi connectivity index (χ0n) is 12.9. The van der Waals surface area contributed by atoms with Crippen molar-refractivity contribution in [3.63, 3.8) is 0 Å². The minimum Gasteiger partial charge on any atom is -0.426 e. The van der Waals surface area contributed by atoms with E-state index in [9.17, 15) is 4.79 Å². The maximum absolute atomic E-state index is 11.9. The molecule has 0 saturated carbocycles. The van der Waals surface area contributed by atoms with E-state index in [1.165, 1.54) is 11.1 Å². The molecular weight excluding hydrogens is 274 g/mol. The van der Waals surface area contributed by atoms with Gasteiger partial charge in [0.2, 0.25) is 0 Å². The smallest absolute Gasteiger partial charge is 0.316 e. The van der Waals surface area contributed by atoms with Crippen LogP contribution in [-0.2, 0) is 11.2 Å². The zero-order chi connectivity index (χ0) is 14.2. The summed E-state index contributed by atoms with van der Waals surface area (Å²) in [5.41, 5.74) is 2.19. The summed E-state index contributed by atoms with van der Waals surface area (Å²) < 4.78 is 5.47. The van der Waals surface area contributed by atoms with Crippen LogP contribution in [0, 0.1) is 5.41 Å². The molecule has 3 nitrogen and oxygen atoms in total. The van der Waals surface area contributed by atoms with E-state index in [1.807, 2.05) is 32.9 Å². The number of ether oxygens (including phenoxy) is 1. The molecular formula is C16H24ClNO2. The van der Waals surface area contributed by atoms with E-state index in [2.05, 4.69) is 25.1 Å². The summed E-state index contributed by atoms with van der Waals surface area (Å²) in [5.74, 6) is 0.472. The zero-order valence-corrected chi connectivity index (χ0v) is 13.7. The fraction of sp³-hybridized carbons (Fsp3) is 0.562. The monoisotopic (exact) mass is 297 g/mol. The van der Waals surface area contributed by atoms with Crippen LogP contribution in [0.25, 0.3) is 0 Å². The topological polar surface area (TPSA) is 29.5 Å². The van der Waals surface area contributed by atoms with Crippen molar-refractivity contribution in [1.29, 1.82) is 0 Å². The summed E-state index contributed by atoms with van der Waals surface area (Å²) in [4.78, 5) is 14.1. The molecule has 1 aromatic rings. The van der Waals surface area contributed by atoms with E-state index < -0.39 is 5.41 Å². The number of fused-ring (bicyclic) bond motifs is 1. The Balaban J connectivity index is 0.00000200. The van der Waals surface area contributed by atoms with Gasteiger partial charge in [-0.3, -0.25) is 4.79 Å². The van der Waals surface area contributed by atoms with Gasteiger partial charge in [0, 0.05) is 6.04 Å². The van der Waals surface area contributed by atoms with E-state index in [1.54, 1.807) is 0 Å². The van der Waals surface area contributed by atoms with E-state index >= 15 is 0 Å². The Kier molecular flexibility index (Phi) is 5.22. The average Bonchev–Trinajstić information content (AvgIpc) is 2.70. The lowest BCUT2D eigenvalue weighted by Gasteiger charge is -2.21. The van der Waals surface area contributed by atoms with Crippen molar-refractivity contribution in [2.75, 3.05) is 14.1 Å². The Morgan fingerprint density at radius 1 is 1.30 bits per heavy atom. The van der Waals surface area contributed by atoms with Crippen molar-refractivity contribution >= 4 is 18.4 Å². The van der Waals surface area contributed by atoms with Crippen LogP contribution >= 0.6 is 12.4 Å². The van der Waals surface area contributed by atoms with Crippen LogP contribution < -0.4 is 4.74 Å². The maximum Gasteiger partial charge on any atom is 0.316 e. The van der Waals surface area contributed by atoms with Gasteiger partial charge in [0.05, 0.1) is 5.41 Å². The molecule has 1 aromatic carbocycles. The molecule has 0 saturated heterocycles. The molecule has 0 heterocycles. The summed E-state index contributed by atoms with van der Waals surface area (Å²) in [6.45, 7) is 5.60. The highest BCUT2D eigenvalue weighted by Gasteiger charge is 2.27. The number of benzene rings is 1. The highest BCUT2D eigenvalue weighted by Crippen LogP contribution is 2.36. The number of esters is 1. The number of carbonyl (C=O) groups is 1. The first-order valence-electron chi connectivity index (χ1n) is 6.80. The number of hydrogen-bond acceptors (Lipinski definition) is 3. The molecule has 0 N–H and O–H groups in total. The summed E-state index contributed by atoms with van der Waals surface area (Å²) in [7, 11) is 4.18. The highest BCUT2D eigenvalue weighted by atomic mass is 35.5. The summed E-state index contributed by atoms with van der Waals surface area (Å²) in [5, 5.41) is 0.